The van der Waals surface area contributed by atoms with Crippen molar-refractivity contribution in [3.05, 3.63) is 34.4 Å². The Kier molecular flexibility index (Phi) is 8.05. The lowest BCUT2D eigenvalue weighted by atomic mass is 9.95. The highest BCUT2D eigenvalue weighted by molar-refractivity contribution is 5.74. The fourth-order valence-electron chi connectivity index (χ4n) is 4.44. The molecule has 6 nitrogen and oxygen atoms in total. The molecule has 1 aromatic carbocycles. The minimum atomic E-state index is 0.0359. The van der Waals surface area contributed by atoms with Gasteiger partial charge in [0, 0.05) is 11.1 Å². The first-order valence-electron chi connectivity index (χ1n) is 11.4. The summed E-state index contributed by atoms with van der Waals surface area (Å²) in [5.74, 6) is 0.784. The van der Waals surface area contributed by atoms with Gasteiger partial charge in [0.25, 0.3) is 0 Å². The van der Waals surface area contributed by atoms with Crippen molar-refractivity contribution < 1.29 is 14.9 Å². The van der Waals surface area contributed by atoms with Crippen molar-refractivity contribution in [2.75, 3.05) is 12.3 Å². The molecule has 1 saturated carbocycles. The molecule has 0 atom stereocenters. The number of anilines is 1. The molecular weight excluding hydrogens is 378 g/mol. The Hall–Kier alpha value is -2.18. The number of aromatic nitrogens is 2. The summed E-state index contributed by atoms with van der Waals surface area (Å²) in [7, 11) is 0. The number of rotatable bonds is 1. The molecular formula is C24H35N3O3. The molecule has 0 unspecified atom stereocenters. The van der Waals surface area contributed by atoms with Gasteiger partial charge in [0.2, 0.25) is 0 Å². The molecule has 30 heavy (non-hydrogen) atoms. The molecule has 1 fully saturated rings. The number of aryl methyl sites for hydroxylation is 1. The molecule has 0 radical (unpaired) electrons. The van der Waals surface area contributed by atoms with E-state index in [9.17, 15) is 5.11 Å². The van der Waals surface area contributed by atoms with Crippen molar-refractivity contribution in [1.29, 1.82) is 0 Å². The highest BCUT2D eigenvalue weighted by atomic mass is 16.5. The van der Waals surface area contributed by atoms with E-state index in [-0.39, 0.29) is 6.10 Å². The molecule has 2 aliphatic carbocycles. The first kappa shape index (κ1) is 22.5. The molecule has 2 heterocycles. The van der Waals surface area contributed by atoms with Gasteiger partial charge in [-0.15, -0.1) is 10.2 Å². The summed E-state index contributed by atoms with van der Waals surface area (Å²) in [5, 5.41) is 27.8. The van der Waals surface area contributed by atoms with Crippen LogP contribution in [0.15, 0.2) is 12.1 Å². The maximum atomic E-state index is 10.6. The summed E-state index contributed by atoms with van der Waals surface area (Å²) in [6, 6.07) is 4.05. The number of fused-ring (bicyclic) bond motifs is 2. The molecule has 5 rings (SSSR count). The molecule has 0 amide bonds. The Bertz CT molecular complexity index is 848. The lowest BCUT2D eigenvalue weighted by molar-refractivity contribution is 0.111. The topological polar surface area (TPSA) is 101 Å². The van der Waals surface area contributed by atoms with Gasteiger partial charge in [-0.25, -0.2) is 0 Å². The molecule has 6 heteroatoms. The first-order chi connectivity index (χ1) is 14.6. The van der Waals surface area contributed by atoms with Crippen LogP contribution in [0, 0.1) is 0 Å². The smallest absolute Gasteiger partial charge is 0.151 e. The zero-order valence-corrected chi connectivity index (χ0v) is 18.3. The van der Waals surface area contributed by atoms with Crippen LogP contribution in [0.1, 0.15) is 74.6 Å². The van der Waals surface area contributed by atoms with E-state index in [1.165, 1.54) is 24.8 Å². The number of hydrogen-bond acceptors (Lipinski definition) is 6. The largest absolute Gasteiger partial charge is 0.507 e. The summed E-state index contributed by atoms with van der Waals surface area (Å²) < 4.78 is 5.46. The van der Waals surface area contributed by atoms with Crippen LogP contribution in [0.4, 0.5) is 5.82 Å². The van der Waals surface area contributed by atoms with Crippen LogP contribution < -0.4 is 5.73 Å². The number of hydrogen-bond donors (Lipinski definition) is 3. The van der Waals surface area contributed by atoms with Crippen molar-refractivity contribution in [3.8, 4) is 17.0 Å². The van der Waals surface area contributed by atoms with E-state index in [4.69, 9.17) is 15.6 Å². The van der Waals surface area contributed by atoms with Gasteiger partial charge in [-0.2, -0.15) is 0 Å². The fourth-order valence-corrected chi connectivity index (χ4v) is 4.44. The Morgan fingerprint density at radius 2 is 1.70 bits per heavy atom. The molecule has 4 N–H and O–H groups in total. The number of aliphatic hydroxyl groups is 1. The van der Waals surface area contributed by atoms with Crippen molar-refractivity contribution in [2.45, 2.75) is 84.3 Å². The minimum Gasteiger partial charge on any atom is -0.507 e. The van der Waals surface area contributed by atoms with Crippen LogP contribution in [-0.4, -0.2) is 33.1 Å². The molecule has 0 spiro atoms. The first-order valence-corrected chi connectivity index (χ1v) is 11.4. The number of phenols is 1. The van der Waals surface area contributed by atoms with Gasteiger partial charge < -0.3 is 20.7 Å². The number of aliphatic hydroxyl groups excluding tert-OH is 1. The number of nitrogens with zero attached hydrogens (tertiary/aromatic N) is 2. The number of aromatic hydroxyl groups is 1. The minimum absolute atomic E-state index is 0.0359. The predicted molar refractivity (Wildman–Crippen MR) is 119 cm³/mol. The Morgan fingerprint density at radius 1 is 0.933 bits per heavy atom. The second kappa shape index (κ2) is 10.7. The SMILES string of the molecule is CC.Nc1nnc(-c2ccc3c(c2O)CCC3)c2c1COCC2.OC1CCCCC1. The second-order valence-electron chi connectivity index (χ2n) is 7.94. The van der Waals surface area contributed by atoms with E-state index in [1.54, 1.807) is 0 Å². The van der Waals surface area contributed by atoms with E-state index in [0.29, 0.717) is 24.8 Å². The third-order valence-electron chi connectivity index (χ3n) is 6.04. The van der Waals surface area contributed by atoms with Crippen LogP contribution in [-0.2, 0) is 30.6 Å². The van der Waals surface area contributed by atoms with Crippen LogP contribution in [0.5, 0.6) is 5.75 Å². The summed E-state index contributed by atoms with van der Waals surface area (Å²) in [4.78, 5) is 0. The molecule has 2 aromatic rings. The van der Waals surface area contributed by atoms with Gasteiger partial charge in [0.1, 0.15) is 11.4 Å². The van der Waals surface area contributed by atoms with Gasteiger partial charge in [-0.1, -0.05) is 39.2 Å². The standard InChI is InChI=1S/C16H17N3O2.C6H12O.C2H6/c17-16-13-8-21-7-6-11(13)14(18-19-16)12-5-4-9-2-1-3-10(9)15(12)20;7-6-4-2-1-3-5-6;1-2/h4-5,20H,1-3,6-8H2,(H2,17,19);6-7H,1-5H2;1-2H3. The van der Waals surface area contributed by atoms with Crippen molar-refractivity contribution in [3.63, 3.8) is 0 Å². The normalized spacial score (nSPS) is 17.7. The third kappa shape index (κ3) is 4.93. The van der Waals surface area contributed by atoms with Gasteiger partial charge in [0.15, 0.2) is 5.82 Å². The third-order valence-corrected chi connectivity index (χ3v) is 6.04. The average Bonchev–Trinajstić information content (AvgIpc) is 3.27. The lowest BCUT2D eigenvalue weighted by Gasteiger charge is -2.20. The molecule has 3 aliphatic rings. The van der Waals surface area contributed by atoms with E-state index in [2.05, 4.69) is 16.3 Å². The molecule has 1 aromatic heterocycles. The van der Waals surface area contributed by atoms with Crippen molar-refractivity contribution in [1.82, 2.24) is 10.2 Å². The Morgan fingerprint density at radius 3 is 2.40 bits per heavy atom. The molecule has 0 bridgehead atoms. The highest BCUT2D eigenvalue weighted by Crippen LogP contribution is 2.40. The molecule has 164 valence electrons. The fraction of sp³-hybridized carbons (Fsp3) is 0.583. The Labute approximate surface area is 179 Å². The highest BCUT2D eigenvalue weighted by Gasteiger charge is 2.24. The van der Waals surface area contributed by atoms with E-state index < -0.39 is 0 Å². The number of ether oxygens (including phenoxy) is 1. The van der Waals surface area contributed by atoms with Crippen LogP contribution in [0.25, 0.3) is 11.3 Å². The van der Waals surface area contributed by atoms with Gasteiger partial charge in [-0.05, 0) is 61.3 Å². The quantitative estimate of drug-likeness (QED) is 0.643. The molecule has 1 aliphatic heterocycles. The summed E-state index contributed by atoms with van der Waals surface area (Å²) in [5.41, 5.74) is 11.7. The Balaban J connectivity index is 0.000000241. The monoisotopic (exact) mass is 413 g/mol. The van der Waals surface area contributed by atoms with Crippen LogP contribution >= 0.6 is 0 Å². The maximum absolute atomic E-state index is 10.6. The van der Waals surface area contributed by atoms with Gasteiger partial charge in [-0.3, -0.25) is 0 Å². The van der Waals surface area contributed by atoms with Crippen molar-refractivity contribution in [2.24, 2.45) is 0 Å². The zero-order chi connectivity index (χ0) is 21.5. The van der Waals surface area contributed by atoms with E-state index in [0.717, 1.165) is 66.5 Å². The summed E-state index contributed by atoms with van der Waals surface area (Å²) in [6.45, 7) is 5.12. The van der Waals surface area contributed by atoms with E-state index in [1.807, 2.05) is 19.9 Å². The van der Waals surface area contributed by atoms with Gasteiger partial charge in [0.05, 0.1) is 19.3 Å². The number of phenolic OH excluding ortho intramolecular Hbond substituents is 1. The number of benzene rings is 1. The predicted octanol–water partition coefficient (Wildman–Crippen LogP) is 4.33. The number of nitrogen functional groups attached to an aromatic ring is 1. The van der Waals surface area contributed by atoms with Gasteiger partial charge >= 0.3 is 0 Å². The summed E-state index contributed by atoms with van der Waals surface area (Å²) >= 11 is 0. The van der Waals surface area contributed by atoms with Crippen molar-refractivity contribution >= 4 is 5.82 Å². The number of nitrogens with two attached hydrogens (primary N) is 1. The second-order valence-corrected chi connectivity index (χ2v) is 7.94. The molecule has 0 saturated heterocycles. The zero-order valence-electron chi connectivity index (χ0n) is 18.3. The van der Waals surface area contributed by atoms with E-state index >= 15 is 0 Å². The van der Waals surface area contributed by atoms with Crippen LogP contribution in [0.2, 0.25) is 0 Å². The summed E-state index contributed by atoms with van der Waals surface area (Å²) in [6.07, 6.45) is 9.76. The maximum Gasteiger partial charge on any atom is 0.151 e. The van der Waals surface area contributed by atoms with Crippen LogP contribution in [0.3, 0.4) is 0 Å². The lowest BCUT2D eigenvalue weighted by Crippen LogP contribution is -2.16. The average molecular weight is 414 g/mol.